The predicted molar refractivity (Wildman–Crippen MR) is 374 cm³/mol. The molecule has 4 aromatic rings. The first kappa shape index (κ1) is 89.7. The number of halogens is 1. The molecule has 1 aromatic heterocycles. The molecule has 2 aliphatic heterocycles. The molecule has 25 unspecified atom stereocenters. The molecule has 2 saturated heterocycles. The number of ketones is 2. The van der Waals surface area contributed by atoms with Crippen LogP contribution in [0.5, 0.6) is 0 Å². The number of ether oxygens (including phenoxy) is 5. The third kappa shape index (κ3) is 22.2. The van der Waals surface area contributed by atoms with Crippen LogP contribution in [-0.4, -0.2) is 215 Å². The van der Waals surface area contributed by atoms with Crippen molar-refractivity contribution in [2.45, 2.75) is 193 Å². The van der Waals surface area contributed by atoms with E-state index in [9.17, 15) is 53.8 Å². The fourth-order valence-electron chi connectivity index (χ4n) is 16.5. The summed E-state index contributed by atoms with van der Waals surface area (Å²) in [5.41, 5.74) is 51.4. The van der Waals surface area contributed by atoms with Crippen molar-refractivity contribution in [3.05, 3.63) is 112 Å². The summed E-state index contributed by atoms with van der Waals surface area (Å²) in [6.07, 6.45) is -7.76. The molecule has 40 heteroatoms. The van der Waals surface area contributed by atoms with Crippen LogP contribution in [0.2, 0.25) is 0 Å². The van der Waals surface area contributed by atoms with E-state index in [1.165, 1.54) is 17.7 Å². The molecule has 608 valence electrons. The number of furan rings is 1. The van der Waals surface area contributed by atoms with Crippen LogP contribution in [0.4, 0.5) is 0 Å². The van der Waals surface area contributed by atoms with E-state index in [-0.39, 0.29) is 70.8 Å². The summed E-state index contributed by atoms with van der Waals surface area (Å²) in [4.78, 5) is 25.4. The van der Waals surface area contributed by atoms with Gasteiger partial charge >= 0.3 is 61.9 Å². The summed E-state index contributed by atoms with van der Waals surface area (Å²) >= 11 is -7.99. The van der Waals surface area contributed by atoms with E-state index in [4.69, 9.17) is 119 Å². The van der Waals surface area contributed by atoms with Crippen molar-refractivity contribution in [1.82, 2.24) is 0 Å². The number of aliphatic hydroxyl groups excluding tert-OH is 7. The standard InChI is InChI=1S/C27H33BrO5S.C24H48N6O12.C18H16N4O.3H2O.5O.V.W/c1-26-13-11-19(29)15-17(26)3-8-21-22-9-10-24(27(22,2)14-12-23(21)26)25(30)16-33-34(31,32)20-6-4-18(28)5-7-20;25-3-6-1-9(12(29)17(35)14(6)32)38-21-11(5-31)40-24(19(21)37)42-22-15(33)7(27)2-8(28)20(22)41-23-13(30)18(36)16(34)10(4-26)39-23;19-17(20)13-5-1-11(2-6-13)15-9-10-16(23-15)12-3-7-14(8-4-12)18(21)22;;;;;;;;;;/h4-7,15,21-24H,3,8-14,16H2,1-2H3;6-24,31-37H,1-5,25-30H2;1-10H,(H3,19,20)(H3,21,22);3*1H2;;;;;;;/q;;;;;;;;;2*-1;+1;+2/p-3. The fraction of sp³-hybridized carbons (Fsp3) is 0.594. The van der Waals surface area contributed by atoms with Crippen molar-refractivity contribution in [2.75, 3.05) is 26.3 Å². The first-order chi connectivity index (χ1) is 50.9. The van der Waals surface area contributed by atoms with Gasteiger partial charge in [0, 0.05) is 63.6 Å². The summed E-state index contributed by atoms with van der Waals surface area (Å²) in [6, 6.07) is 20.8. The minimum absolute atomic E-state index is 0.0437. The van der Waals surface area contributed by atoms with Gasteiger partial charge in [-0.15, -0.1) is 0 Å². The van der Waals surface area contributed by atoms with Gasteiger partial charge in [-0.1, -0.05) is 83.9 Å². The number of Topliss-reactive ketones (excluding diaryl/α,β-unsaturated/α-hetero) is 1. The molecule has 8 aliphatic rings. The number of hydrogen-bond donors (Lipinski definition) is 20. The van der Waals surface area contributed by atoms with Gasteiger partial charge in [-0.2, -0.15) is 8.42 Å². The number of rotatable bonds is 18. The number of amidine groups is 2. The molecule has 0 bridgehead atoms. The Kier molecular flexibility index (Phi) is 30.9. The number of allylic oxidation sites excluding steroid dienone is 1. The van der Waals surface area contributed by atoms with Gasteiger partial charge in [-0.3, -0.25) is 24.6 Å². The van der Waals surface area contributed by atoms with E-state index in [1.54, 1.807) is 36.4 Å². The summed E-state index contributed by atoms with van der Waals surface area (Å²) in [7, 11) is -3.97. The molecule has 3 aromatic carbocycles. The first-order valence-corrected chi connectivity index (χ1v) is 44.7. The zero-order valence-corrected chi connectivity index (χ0v) is 66.3. The number of nitrogen functional groups attached to an aromatic ring is 2. The van der Waals surface area contributed by atoms with Crippen molar-refractivity contribution >= 4 is 49.3 Å². The number of nitrogens with one attached hydrogen (secondary N) is 2. The molecule has 0 amide bonds. The number of benzene rings is 3. The number of carbonyl (C=O) groups excluding carboxylic acids is 2. The molecule has 0 radical (unpaired) electrons. The fourth-order valence-corrected chi connectivity index (χ4v) is 17.6. The Labute approximate surface area is 644 Å². The molecule has 6 aliphatic carbocycles. The SMILES string of the molecule is CC12CCC(=O)C=C1CCC1C2CCC2(C)C(C(=O)COS(=O)(=O)c3ccc(Br)cc3)CCC12.N=C(N)c1ccc(-c2ccc(-c3ccc(C(=N)N)cc3)o2)cc1.NCC1CC(OC2C(CO)OC(OC3C(O)C(N)CC(N)C3OC3OC(CN)C(O)C(O)C3N)C2O)C(N)C(O)C1O.[O]=[V]([O-])([O-])[OH].[O]=[W](=[O])([OH])[OH]. The Bertz CT molecular complexity index is 3990. The molecular formula is C69H100BrN10O26SVW-2. The maximum atomic E-state index is 13.3. The molecule has 36 nitrogen and oxygen atoms in total. The minimum atomic E-state index is -5.67. The number of aliphatic hydroxyl groups is 7. The normalized spacial score (nSPS) is 35.7. The van der Waals surface area contributed by atoms with Crippen molar-refractivity contribution in [3.63, 3.8) is 0 Å². The Morgan fingerprint density at radius 3 is 1.74 bits per heavy atom. The zero-order valence-electron chi connectivity index (χ0n) is 59.6. The molecule has 7 fully saturated rings. The quantitative estimate of drug-likeness (QED) is 0.0260. The number of fused-ring (bicyclic) bond motifs is 5. The average Bonchev–Trinajstić information content (AvgIpc) is 1.67. The molecule has 0 spiro atoms. The van der Waals surface area contributed by atoms with Crippen LogP contribution in [0.15, 0.2) is 110 Å². The van der Waals surface area contributed by atoms with Crippen molar-refractivity contribution in [2.24, 2.45) is 86.3 Å². The number of hydrogen-bond acceptors (Lipinski definition) is 31. The summed E-state index contributed by atoms with van der Waals surface area (Å²) in [5.74, 6) is 2.69. The van der Waals surface area contributed by atoms with Gasteiger partial charge in [0.2, 0.25) is 0 Å². The van der Waals surface area contributed by atoms with Gasteiger partial charge in [0.1, 0.15) is 78.6 Å². The van der Waals surface area contributed by atoms with Crippen LogP contribution < -0.4 is 53.9 Å². The van der Waals surface area contributed by atoms with E-state index in [2.05, 4.69) is 29.8 Å². The second-order valence-electron chi connectivity index (χ2n) is 29.1. The maximum absolute atomic E-state index is 13.3. The second kappa shape index (κ2) is 37.6. The predicted octanol–water partition coefficient (Wildman–Crippen LogP) is -3.59. The molecular weight excluding hydrogens is 1730 g/mol. The number of nitrogens with two attached hydrogens (primary N) is 8. The summed E-state index contributed by atoms with van der Waals surface area (Å²) in [6.45, 7) is 3.54. The van der Waals surface area contributed by atoms with Crippen molar-refractivity contribution in [3.8, 4) is 22.6 Å². The van der Waals surface area contributed by atoms with Crippen LogP contribution in [0.25, 0.3) is 22.6 Å². The molecule has 5 saturated carbocycles. The Hall–Kier alpha value is -4.90. The van der Waals surface area contributed by atoms with Gasteiger partial charge in [0.05, 0.1) is 48.0 Å². The summed E-state index contributed by atoms with van der Waals surface area (Å²) < 4.78 is 132. The van der Waals surface area contributed by atoms with Gasteiger partial charge in [0.25, 0.3) is 10.1 Å². The van der Waals surface area contributed by atoms with Gasteiger partial charge in [-0.25, -0.2) is 0 Å². The van der Waals surface area contributed by atoms with E-state index in [0.29, 0.717) is 35.3 Å². The van der Waals surface area contributed by atoms with Crippen LogP contribution in [0.1, 0.15) is 89.2 Å². The van der Waals surface area contributed by atoms with Crippen molar-refractivity contribution in [1.29, 1.82) is 10.8 Å². The van der Waals surface area contributed by atoms with Gasteiger partial charge in [-0.05, 0) is 135 Å². The number of carbonyl (C=O) groups is 2. The molecule has 109 heavy (non-hydrogen) atoms. The van der Waals surface area contributed by atoms with Crippen LogP contribution in [0, 0.1) is 51.2 Å². The van der Waals surface area contributed by atoms with Crippen LogP contribution >= 0.6 is 15.9 Å². The van der Waals surface area contributed by atoms with E-state index in [1.807, 2.05) is 42.5 Å². The first-order valence-electron chi connectivity index (χ1n) is 35.2. The monoisotopic (exact) mass is 1830 g/mol. The van der Waals surface area contributed by atoms with Crippen LogP contribution in [-0.2, 0) is 89.8 Å². The molecule has 25 atom stereocenters. The van der Waals surface area contributed by atoms with E-state index >= 15 is 0 Å². The molecule has 3 heterocycles. The third-order valence-electron chi connectivity index (χ3n) is 22.3. The van der Waals surface area contributed by atoms with E-state index in [0.717, 1.165) is 72.1 Å². The Morgan fingerprint density at radius 1 is 0.670 bits per heavy atom. The average molecular weight is 1830 g/mol. The van der Waals surface area contributed by atoms with Crippen LogP contribution in [0.3, 0.4) is 0 Å². The Morgan fingerprint density at radius 2 is 1.21 bits per heavy atom. The topological polar surface area (TPSA) is 692 Å². The zero-order chi connectivity index (χ0) is 80.7. The van der Waals surface area contributed by atoms with Gasteiger partial charge in [0.15, 0.2) is 24.1 Å². The van der Waals surface area contributed by atoms with Gasteiger partial charge < -0.3 is 110 Å². The second-order valence-corrected chi connectivity index (χ2v) is 36.3. The summed E-state index contributed by atoms with van der Waals surface area (Å²) in [5, 5.41) is 88.1. The molecule has 12 rings (SSSR count). The Balaban J connectivity index is 0.000000199. The van der Waals surface area contributed by atoms with E-state index < -0.39 is 171 Å². The van der Waals surface area contributed by atoms with Crippen molar-refractivity contribution < 1.29 is 148 Å². The third-order valence-corrected chi connectivity index (χ3v) is 24.1. The molecule has 28 N–H and O–H groups in total.